The minimum absolute atomic E-state index is 0.496. The van der Waals surface area contributed by atoms with E-state index < -0.39 is 0 Å². The van der Waals surface area contributed by atoms with Gasteiger partial charge in [0.2, 0.25) is 0 Å². The van der Waals surface area contributed by atoms with E-state index in [2.05, 4.69) is 69.6 Å². The zero-order chi connectivity index (χ0) is 18.5. The van der Waals surface area contributed by atoms with Crippen LogP contribution in [0.2, 0.25) is 0 Å². The van der Waals surface area contributed by atoms with Gasteiger partial charge >= 0.3 is 0 Å². The van der Waals surface area contributed by atoms with Gasteiger partial charge in [-0.15, -0.1) is 0 Å². The van der Waals surface area contributed by atoms with Crippen LogP contribution >= 0.6 is 0 Å². The maximum absolute atomic E-state index is 4.34. The third-order valence-electron chi connectivity index (χ3n) is 6.22. The average molecular weight is 365 g/mol. The molecule has 0 saturated carbocycles. The van der Waals surface area contributed by atoms with Gasteiger partial charge in [0.05, 0.1) is 0 Å². The number of aromatic nitrogens is 1. The Morgan fingerprint density at radius 1 is 1.07 bits per heavy atom. The first-order valence-corrected chi connectivity index (χ1v) is 10.4. The van der Waals surface area contributed by atoms with Gasteiger partial charge in [0, 0.05) is 44.1 Å². The van der Waals surface area contributed by atoms with E-state index in [9.17, 15) is 0 Å². The number of hydrogen-bond donors (Lipinski definition) is 1. The van der Waals surface area contributed by atoms with Crippen LogP contribution in [0, 0.1) is 5.92 Å². The Kier molecular flexibility index (Phi) is 6.17. The molecule has 1 unspecified atom stereocenters. The van der Waals surface area contributed by atoms with Crippen molar-refractivity contribution in [2.75, 3.05) is 33.2 Å². The molecule has 2 aromatic rings. The fraction of sp³-hybridized carbons (Fsp3) is 0.522. The Labute approximate surface area is 163 Å². The van der Waals surface area contributed by atoms with Crippen molar-refractivity contribution in [3.63, 3.8) is 0 Å². The topological polar surface area (TPSA) is 31.4 Å². The molecule has 2 aliphatic rings. The molecule has 2 fully saturated rings. The van der Waals surface area contributed by atoms with Crippen LogP contribution in [0.5, 0.6) is 0 Å². The molecule has 27 heavy (non-hydrogen) atoms. The molecule has 1 aromatic carbocycles. The van der Waals surface area contributed by atoms with Crippen LogP contribution in [0.15, 0.2) is 54.9 Å². The molecule has 2 saturated heterocycles. The highest BCUT2D eigenvalue weighted by atomic mass is 15.2. The molecule has 0 radical (unpaired) electrons. The van der Waals surface area contributed by atoms with E-state index in [1.807, 2.05) is 12.4 Å². The molecule has 3 heterocycles. The Morgan fingerprint density at radius 2 is 1.96 bits per heavy atom. The summed E-state index contributed by atoms with van der Waals surface area (Å²) < 4.78 is 0. The first kappa shape index (κ1) is 18.6. The summed E-state index contributed by atoms with van der Waals surface area (Å²) in [5.41, 5.74) is 2.78. The maximum Gasteiger partial charge on any atom is 0.0401 e. The van der Waals surface area contributed by atoms with E-state index >= 15 is 0 Å². The SMILES string of the molecule is CN1CC[C@@H](CNC2CCCN(Cc3ccccc3)C2)[C@@H]1c1cccnc1. The van der Waals surface area contributed by atoms with Gasteiger partial charge in [0.1, 0.15) is 0 Å². The number of pyridine rings is 1. The third kappa shape index (κ3) is 4.75. The van der Waals surface area contributed by atoms with E-state index in [1.54, 1.807) is 0 Å². The van der Waals surface area contributed by atoms with Gasteiger partial charge in [-0.25, -0.2) is 0 Å². The molecule has 0 amide bonds. The zero-order valence-electron chi connectivity index (χ0n) is 16.4. The standard InChI is InChI=1S/C23H32N4/c1-26-14-11-21(23(26)20-9-5-12-24-15-20)16-25-22-10-6-13-27(18-22)17-19-7-3-2-4-8-19/h2-5,7-9,12,15,21-23,25H,6,10-11,13-14,16-18H2,1H3/t21-,22?,23-/m0/s1. The van der Waals surface area contributed by atoms with Crippen molar-refractivity contribution < 1.29 is 0 Å². The Morgan fingerprint density at radius 3 is 2.78 bits per heavy atom. The molecular weight excluding hydrogens is 332 g/mol. The highest BCUT2D eigenvalue weighted by Gasteiger charge is 2.33. The Bertz CT molecular complexity index is 690. The van der Waals surface area contributed by atoms with Gasteiger partial charge in [0.25, 0.3) is 0 Å². The quantitative estimate of drug-likeness (QED) is 0.852. The number of rotatable bonds is 6. The van der Waals surface area contributed by atoms with Crippen molar-refractivity contribution in [1.29, 1.82) is 0 Å². The lowest BCUT2D eigenvalue weighted by molar-refractivity contribution is 0.176. The van der Waals surface area contributed by atoms with Crippen molar-refractivity contribution >= 4 is 0 Å². The Balaban J connectivity index is 1.31. The van der Waals surface area contributed by atoms with Crippen LogP contribution in [0.3, 0.4) is 0 Å². The molecule has 4 rings (SSSR count). The van der Waals surface area contributed by atoms with Crippen LogP contribution in [0.1, 0.15) is 36.4 Å². The normalized spacial score (nSPS) is 27.1. The number of nitrogens with one attached hydrogen (secondary N) is 1. The van der Waals surface area contributed by atoms with Gasteiger partial charge < -0.3 is 5.32 Å². The second kappa shape index (κ2) is 8.96. The van der Waals surface area contributed by atoms with Gasteiger partial charge in [0.15, 0.2) is 0 Å². The summed E-state index contributed by atoms with van der Waals surface area (Å²) in [5.74, 6) is 0.670. The highest BCUT2D eigenvalue weighted by molar-refractivity contribution is 5.17. The predicted octanol–water partition coefficient (Wildman–Crippen LogP) is 3.33. The van der Waals surface area contributed by atoms with E-state index in [0.29, 0.717) is 18.0 Å². The van der Waals surface area contributed by atoms with Gasteiger partial charge in [-0.2, -0.15) is 0 Å². The fourth-order valence-corrected chi connectivity index (χ4v) is 4.84. The molecule has 0 aliphatic carbocycles. The van der Waals surface area contributed by atoms with Gasteiger partial charge in [-0.1, -0.05) is 36.4 Å². The monoisotopic (exact) mass is 364 g/mol. The van der Waals surface area contributed by atoms with Gasteiger partial charge in [-0.3, -0.25) is 14.8 Å². The maximum atomic E-state index is 4.34. The molecule has 2 aliphatic heterocycles. The predicted molar refractivity (Wildman–Crippen MR) is 110 cm³/mol. The molecule has 144 valence electrons. The van der Waals surface area contributed by atoms with Crippen molar-refractivity contribution in [3.05, 3.63) is 66.0 Å². The second-order valence-corrected chi connectivity index (χ2v) is 8.23. The molecular formula is C23H32N4. The summed E-state index contributed by atoms with van der Waals surface area (Å²) in [6.45, 7) is 5.74. The largest absolute Gasteiger partial charge is 0.312 e. The van der Waals surface area contributed by atoms with Crippen LogP contribution < -0.4 is 5.32 Å². The van der Waals surface area contributed by atoms with Crippen LogP contribution in [0.4, 0.5) is 0 Å². The van der Waals surface area contributed by atoms with E-state index in [0.717, 1.165) is 19.6 Å². The fourth-order valence-electron chi connectivity index (χ4n) is 4.84. The summed E-state index contributed by atoms with van der Waals surface area (Å²) in [5, 5.41) is 3.91. The third-order valence-corrected chi connectivity index (χ3v) is 6.22. The molecule has 0 spiro atoms. The number of benzene rings is 1. The van der Waals surface area contributed by atoms with E-state index in [1.165, 1.54) is 43.5 Å². The lowest BCUT2D eigenvalue weighted by atomic mass is 9.94. The van der Waals surface area contributed by atoms with Crippen LogP contribution in [-0.4, -0.2) is 54.1 Å². The average Bonchev–Trinajstić information content (AvgIpc) is 3.08. The van der Waals surface area contributed by atoms with E-state index in [-0.39, 0.29) is 0 Å². The molecule has 1 aromatic heterocycles. The van der Waals surface area contributed by atoms with Crippen molar-refractivity contribution in [3.8, 4) is 0 Å². The van der Waals surface area contributed by atoms with Crippen molar-refractivity contribution in [2.24, 2.45) is 5.92 Å². The molecule has 0 bridgehead atoms. The smallest absolute Gasteiger partial charge is 0.0401 e. The van der Waals surface area contributed by atoms with E-state index in [4.69, 9.17) is 0 Å². The number of likely N-dealkylation sites (tertiary alicyclic amines) is 2. The molecule has 3 atom stereocenters. The first-order valence-electron chi connectivity index (χ1n) is 10.4. The summed E-state index contributed by atoms with van der Waals surface area (Å²) in [6, 6.07) is 16.3. The van der Waals surface area contributed by atoms with Crippen LogP contribution in [-0.2, 0) is 6.54 Å². The minimum atomic E-state index is 0.496. The second-order valence-electron chi connectivity index (χ2n) is 8.23. The minimum Gasteiger partial charge on any atom is -0.312 e. The van der Waals surface area contributed by atoms with Gasteiger partial charge in [-0.05, 0) is 62.5 Å². The highest BCUT2D eigenvalue weighted by Crippen LogP contribution is 2.35. The van der Waals surface area contributed by atoms with Crippen LogP contribution in [0.25, 0.3) is 0 Å². The summed E-state index contributed by atoms with van der Waals surface area (Å²) in [4.78, 5) is 9.44. The Hall–Kier alpha value is -1.75. The molecule has 1 N–H and O–H groups in total. The lowest BCUT2D eigenvalue weighted by Gasteiger charge is -2.34. The summed E-state index contributed by atoms with van der Waals surface area (Å²) >= 11 is 0. The summed E-state index contributed by atoms with van der Waals surface area (Å²) in [6.07, 6.45) is 7.77. The van der Waals surface area contributed by atoms with Crippen molar-refractivity contribution in [1.82, 2.24) is 20.1 Å². The number of hydrogen-bond acceptors (Lipinski definition) is 4. The number of nitrogens with zero attached hydrogens (tertiary/aromatic N) is 3. The molecule has 4 nitrogen and oxygen atoms in total. The van der Waals surface area contributed by atoms with Crippen molar-refractivity contribution in [2.45, 2.75) is 37.9 Å². The number of piperidine rings is 1. The lowest BCUT2D eigenvalue weighted by Crippen LogP contribution is -2.46. The molecule has 4 heteroatoms. The first-order chi connectivity index (χ1) is 13.3. The zero-order valence-corrected chi connectivity index (χ0v) is 16.4. The summed E-state index contributed by atoms with van der Waals surface area (Å²) in [7, 11) is 2.25.